The van der Waals surface area contributed by atoms with E-state index >= 15 is 0 Å². The summed E-state index contributed by atoms with van der Waals surface area (Å²) in [6.45, 7) is 7.71. The zero-order chi connectivity index (χ0) is 16.4. The number of ether oxygens (including phenoxy) is 1. The molecule has 2 unspecified atom stereocenters. The van der Waals surface area contributed by atoms with Gasteiger partial charge in [-0.25, -0.2) is 0 Å². The minimum Gasteiger partial charge on any atom is -0.493 e. The molecule has 3 fully saturated rings. The van der Waals surface area contributed by atoms with E-state index in [1.165, 1.54) is 38.3 Å². The van der Waals surface area contributed by atoms with Gasteiger partial charge in [-0.05, 0) is 6.07 Å². The van der Waals surface area contributed by atoms with E-state index in [-0.39, 0.29) is 30.0 Å². The lowest BCUT2D eigenvalue weighted by Crippen LogP contribution is -2.63. The number of hydrogen-bond donors (Lipinski definition) is 2. The minimum atomic E-state index is 0. The summed E-state index contributed by atoms with van der Waals surface area (Å²) in [5.41, 5.74) is 1.22. The van der Waals surface area contributed by atoms with Gasteiger partial charge >= 0.3 is 0 Å². The Morgan fingerprint density at radius 3 is 2.76 bits per heavy atom. The number of fused-ring (bicyclic) bond motifs is 4. The summed E-state index contributed by atoms with van der Waals surface area (Å²) >= 11 is 0. The van der Waals surface area contributed by atoms with Crippen LogP contribution in [0.4, 0.5) is 0 Å². The van der Waals surface area contributed by atoms with E-state index in [0.29, 0.717) is 6.04 Å². The first-order chi connectivity index (χ1) is 11.8. The van der Waals surface area contributed by atoms with Crippen LogP contribution in [0.15, 0.2) is 29.3 Å². The van der Waals surface area contributed by atoms with Crippen LogP contribution in [-0.4, -0.2) is 74.7 Å². The van der Waals surface area contributed by atoms with E-state index in [4.69, 9.17) is 4.74 Å². The van der Waals surface area contributed by atoms with Gasteiger partial charge in [-0.2, -0.15) is 0 Å². The van der Waals surface area contributed by atoms with Gasteiger partial charge in [-0.3, -0.25) is 14.8 Å². The summed E-state index contributed by atoms with van der Waals surface area (Å²) in [5, 5.41) is 7.10. The Morgan fingerprint density at radius 2 is 2.04 bits per heavy atom. The average molecular weight is 457 g/mol. The van der Waals surface area contributed by atoms with E-state index in [1.54, 1.807) is 0 Å². The first-order valence-electron chi connectivity index (χ1n) is 8.99. The number of para-hydroxylation sites is 1. The van der Waals surface area contributed by atoms with Crippen LogP contribution in [0, 0.1) is 0 Å². The van der Waals surface area contributed by atoms with Crippen LogP contribution in [0.25, 0.3) is 0 Å². The lowest BCUT2D eigenvalue weighted by Gasteiger charge is -2.47. The molecule has 6 nitrogen and oxygen atoms in total. The zero-order valence-corrected chi connectivity index (χ0v) is 17.1. The molecule has 2 bridgehead atoms. The fraction of sp³-hybridized carbons (Fsp3) is 0.611. The molecule has 0 aromatic heterocycles. The number of guanidine groups is 1. The van der Waals surface area contributed by atoms with Gasteiger partial charge < -0.3 is 15.4 Å². The van der Waals surface area contributed by atoms with Crippen molar-refractivity contribution in [2.24, 2.45) is 4.99 Å². The van der Waals surface area contributed by atoms with Gasteiger partial charge in [0.05, 0.1) is 12.6 Å². The summed E-state index contributed by atoms with van der Waals surface area (Å²) in [7, 11) is 1.84. The van der Waals surface area contributed by atoms with Gasteiger partial charge in [-0.15, -0.1) is 24.0 Å². The van der Waals surface area contributed by atoms with E-state index in [0.717, 1.165) is 31.3 Å². The molecular formula is C18H28IN5O. The predicted octanol–water partition coefficient (Wildman–Crippen LogP) is 1.29. The first kappa shape index (κ1) is 18.7. The van der Waals surface area contributed by atoms with Crippen molar-refractivity contribution >= 4 is 29.9 Å². The summed E-state index contributed by atoms with van der Waals surface area (Å²) < 4.78 is 5.75. The second-order valence-corrected chi connectivity index (χ2v) is 6.82. The molecule has 3 saturated heterocycles. The lowest BCUT2D eigenvalue weighted by atomic mass is 10.0. The van der Waals surface area contributed by atoms with Gasteiger partial charge in [0.2, 0.25) is 0 Å². The van der Waals surface area contributed by atoms with Gasteiger partial charge in [0.15, 0.2) is 5.96 Å². The van der Waals surface area contributed by atoms with E-state index in [2.05, 4.69) is 37.6 Å². The van der Waals surface area contributed by atoms with E-state index in [9.17, 15) is 0 Å². The van der Waals surface area contributed by atoms with Gasteiger partial charge in [0.1, 0.15) is 5.75 Å². The molecule has 0 aliphatic carbocycles. The molecule has 4 aliphatic heterocycles. The monoisotopic (exact) mass is 457 g/mol. The Balaban J connectivity index is 0.00000182. The highest BCUT2D eigenvalue weighted by molar-refractivity contribution is 14.0. The summed E-state index contributed by atoms with van der Waals surface area (Å²) in [4.78, 5) is 9.59. The van der Waals surface area contributed by atoms with Crippen molar-refractivity contribution in [3.63, 3.8) is 0 Å². The van der Waals surface area contributed by atoms with Crippen LogP contribution in [0.5, 0.6) is 5.75 Å². The second-order valence-electron chi connectivity index (χ2n) is 6.82. The Hall–Kier alpha value is -1.06. The molecule has 25 heavy (non-hydrogen) atoms. The van der Waals surface area contributed by atoms with E-state index < -0.39 is 0 Å². The van der Waals surface area contributed by atoms with Gasteiger partial charge in [0.25, 0.3) is 0 Å². The first-order valence-corrected chi connectivity index (χ1v) is 8.99. The molecule has 4 aliphatic rings. The highest BCUT2D eigenvalue weighted by Crippen LogP contribution is 2.31. The normalized spacial score (nSPS) is 30.7. The van der Waals surface area contributed by atoms with Crippen molar-refractivity contribution in [3.05, 3.63) is 29.8 Å². The Bertz CT molecular complexity index is 603. The summed E-state index contributed by atoms with van der Waals surface area (Å²) in [5.74, 6) is 1.87. The van der Waals surface area contributed by atoms with Crippen LogP contribution >= 0.6 is 24.0 Å². The molecule has 0 radical (unpaired) electrons. The molecule has 2 atom stereocenters. The highest BCUT2D eigenvalue weighted by atomic mass is 127. The number of hydrogen-bond acceptors (Lipinski definition) is 4. The SMILES string of the molecule is CN=C(NCC1CN2CCN1CC2)NC1CCOc2ccccc21.I. The fourth-order valence-electron chi connectivity index (χ4n) is 3.98. The van der Waals surface area contributed by atoms with Crippen LogP contribution in [0.3, 0.4) is 0 Å². The quantitative estimate of drug-likeness (QED) is 0.407. The van der Waals surface area contributed by atoms with Crippen molar-refractivity contribution in [2.45, 2.75) is 18.5 Å². The van der Waals surface area contributed by atoms with Crippen molar-refractivity contribution in [1.29, 1.82) is 0 Å². The Morgan fingerprint density at radius 1 is 1.24 bits per heavy atom. The number of nitrogens with one attached hydrogen (secondary N) is 2. The zero-order valence-electron chi connectivity index (χ0n) is 14.8. The molecule has 4 heterocycles. The Labute approximate surface area is 167 Å². The second kappa shape index (κ2) is 8.55. The minimum absolute atomic E-state index is 0. The average Bonchev–Trinajstić information content (AvgIpc) is 2.66. The topological polar surface area (TPSA) is 52.1 Å². The third-order valence-corrected chi connectivity index (χ3v) is 5.39. The van der Waals surface area contributed by atoms with Crippen molar-refractivity contribution in [2.75, 3.05) is 52.9 Å². The number of halogens is 1. The molecule has 0 spiro atoms. The molecule has 1 aromatic carbocycles. The third kappa shape index (κ3) is 4.20. The van der Waals surface area contributed by atoms with Crippen LogP contribution < -0.4 is 15.4 Å². The molecule has 2 N–H and O–H groups in total. The number of rotatable bonds is 3. The third-order valence-electron chi connectivity index (χ3n) is 5.39. The summed E-state index contributed by atoms with van der Waals surface area (Å²) in [6.07, 6.45) is 0.959. The smallest absolute Gasteiger partial charge is 0.191 e. The number of nitrogens with zero attached hydrogens (tertiary/aromatic N) is 3. The molecule has 0 amide bonds. The van der Waals surface area contributed by atoms with Crippen molar-refractivity contribution < 1.29 is 4.74 Å². The number of benzene rings is 1. The molecule has 5 rings (SSSR count). The molecule has 1 aromatic rings. The number of aliphatic imine (C=N–C) groups is 1. The van der Waals surface area contributed by atoms with Crippen LogP contribution in [0.2, 0.25) is 0 Å². The van der Waals surface area contributed by atoms with E-state index in [1.807, 2.05) is 19.2 Å². The fourth-order valence-corrected chi connectivity index (χ4v) is 3.98. The standard InChI is InChI=1S/C18H27N5O.HI/c1-19-18(20-12-14-13-22-7-9-23(14)10-8-22)21-16-6-11-24-17-5-3-2-4-15(16)17;/h2-5,14,16H,6-13H2,1H3,(H2,19,20,21);1H. The van der Waals surface area contributed by atoms with Crippen molar-refractivity contribution in [3.8, 4) is 5.75 Å². The summed E-state index contributed by atoms with van der Waals surface area (Å²) in [6, 6.07) is 9.12. The maximum Gasteiger partial charge on any atom is 0.191 e. The van der Waals surface area contributed by atoms with Gasteiger partial charge in [-0.1, -0.05) is 18.2 Å². The molecule has 7 heteroatoms. The largest absolute Gasteiger partial charge is 0.493 e. The molecule has 138 valence electrons. The molecular weight excluding hydrogens is 429 g/mol. The highest BCUT2D eigenvalue weighted by Gasteiger charge is 2.31. The lowest BCUT2D eigenvalue weighted by molar-refractivity contribution is 0.0154. The molecule has 0 saturated carbocycles. The Kier molecular flexibility index (Phi) is 6.40. The van der Waals surface area contributed by atoms with Crippen LogP contribution in [-0.2, 0) is 0 Å². The maximum absolute atomic E-state index is 5.75. The van der Waals surface area contributed by atoms with Crippen molar-refractivity contribution in [1.82, 2.24) is 20.4 Å². The van der Waals surface area contributed by atoms with Gasteiger partial charge in [0, 0.05) is 64.3 Å². The maximum atomic E-state index is 5.75. The predicted molar refractivity (Wildman–Crippen MR) is 111 cm³/mol. The van der Waals surface area contributed by atoms with Crippen LogP contribution in [0.1, 0.15) is 18.0 Å². The number of piperazine rings is 3.